The van der Waals surface area contributed by atoms with Crippen molar-refractivity contribution >= 4 is 23.7 Å². The van der Waals surface area contributed by atoms with Crippen LogP contribution in [0.4, 0.5) is 4.79 Å². The zero-order valence-corrected chi connectivity index (χ0v) is 13.2. The highest BCUT2D eigenvalue weighted by Gasteiger charge is 2.19. The zero-order chi connectivity index (χ0) is 16.3. The molecule has 1 atom stereocenters. The van der Waals surface area contributed by atoms with Gasteiger partial charge in [0.15, 0.2) is 0 Å². The van der Waals surface area contributed by atoms with Crippen LogP contribution in [0.2, 0.25) is 0 Å². The van der Waals surface area contributed by atoms with Gasteiger partial charge in [-0.05, 0) is 32.9 Å². The second-order valence-electron chi connectivity index (χ2n) is 4.86. The summed E-state index contributed by atoms with van der Waals surface area (Å²) in [4.78, 5) is 22.3. The van der Waals surface area contributed by atoms with Crippen molar-refractivity contribution in [1.82, 2.24) is 15.5 Å². The normalized spacial score (nSPS) is 12.0. The summed E-state index contributed by atoms with van der Waals surface area (Å²) in [6.07, 6.45) is 0. The SMILES string of the molecule is Cc1cc(C)cc(-c2nnc(SC(C)C(=O)NC(N)=O)o2)c1. The first-order chi connectivity index (χ1) is 10.3. The number of aryl methyl sites for hydroxylation is 2. The molecule has 3 amide bonds. The van der Waals surface area contributed by atoms with Gasteiger partial charge in [0.2, 0.25) is 11.8 Å². The number of hydrogen-bond donors (Lipinski definition) is 2. The average molecular weight is 320 g/mol. The summed E-state index contributed by atoms with van der Waals surface area (Å²) < 4.78 is 5.55. The Bertz CT molecular complexity index is 694. The summed E-state index contributed by atoms with van der Waals surface area (Å²) in [5, 5.41) is 9.56. The van der Waals surface area contributed by atoms with Gasteiger partial charge in [0.1, 0.15) is 0 Å². The van der Waals surface area contributed by atoms with E-state index >= 15 is 0 Å². The van der Waals surface area contributed by atoms with Crippen molar-refractivity contribution < 1.29 is 14.0 Å². The van der Waals surface area contributed by atoms with Crippen molar-refractivity contribution in [3.63, 3.8) is 0 Å². The smallest absolute Gasteiger partial charge is 0.318 e. The van der Waals surface area contributed by atoms with E-state index in [1.165, 1.54) is 0 Å². The van der Waals surface area contributed by atoms with E-state index < -0.39 is 17.2 Å². The minimum atomic E-state index is -0.890. The number of thioether (sulfide) groups is 1. The van der Waals surface area contributed by atoms with Crippen molar-refractivity contribution in [1.29, 1.82) is 0 Å². The van der Waals surface area contributed by atoms with Crippen LogP contribution in [-0.4, -0.2) is 27.4 Å². The molecular weight excluding hydrogens is 304 g/mol. The Morgan fingerprint density at radius 2 is 1.86 bits per heavy atom. The lowest BCUT2D eigenvalue weighted by atomic mass is 10.1. The van der Waals surface area contributed by atoms with Crippen LogP contribution < -0.4 is 11.1 Å². The molecule has 0 aliphatic rings. The van der Waals surface area contributed by atoms with E-state index in [-0.39, 0.29) is 5.22 Å². The van der Waals surface area contributed by atoms with Gasteiger partial charge in [0.05, 0.1) is 5.25 Å². The van der Waals surface area contributed by atoms with Crippen LogP contribution in [0.5, 0.6) is 0 Å². The summed E-state index contributed by atoms with van der Waals surface area (Å²) in [5.74, 6) is -0.125. The van der Waals surface area contributed by atoms with Crippen LogP contribution in [-0.2, 0) is 4.79 Å². The highest BCUT2D eigenvalue weighted by molar-refractivity contribution is 8.00. The van der Waals surface area contributed by atoms with Crippen molar-refractivity contribution in [2.24, 2.45) is 5.73 Å². The number of amides is 3. The molecule has 1 aromatic carbocycles. The van der Waals surface area contributed by atoms with Crippen LogP contribution >= 0.6 is 11.8 Å². The number of primary amides is 1. The minimum absolute atomic E-state index is 0.251. The molecule has 0 aliphatic carbocycles. The van der Waals surface area contributed by atoms with Crippen molar-refractivity contribution in [2.45, 2.75) is 31.2 Å². The van der Waals surface area contributed by atoms with Crippen LogP contribution in [0.25, 0.3) is 11.5 Å². The second kappa shape index (κ2) is 6.61. The molecule has 1 unspecified atom stereocenters. The van der Waals surface area contributed by atoms with E-state index in [0.29, 0.717) is 5.89 Å². The van der Waals surface area contributed by atoms with E-state index in [1.807, 2.05) is 37.4 Å². The van der Waals surface area contributed by atoms with Gasteiger partial charge in [-0.15, -0.1) is 10.2 Å². The largest absolute Gasteiger partial charge is 0.411 e. The first-order valence-electron chi connectivity index (χ1n) is 6.54. The number of carbonyl (C=O) groups is 2. The number of nitrogens with two attached hydrogens (primary N) is 1. The molecule has 0 fully saturated rings. The Labute approximate surface area is 131 Å². The molecule has 0 saturated heterocycles. The molecule has 0 radical (unpaired) electrons. The molecule has 22 heavy (non-hydrogen) atoms. The highest BCUT2D eigenvalue weighted by atomic mass is 32.2. The fraction of sp³-hybridized carbons (Fsp3) is 0.286. The van der Waals surface area contributed by atoms with Gasteiger partial charge >= 0.3 is 6.03 Å². The maximum absolute atomic E-state index is 11.6. The number of hydrogen-bond acceptors (Lipinski definition) is 6. The molecule has 2 aromatic rings. The summed E-state index contributed by atoms with van der Waals surface area (Å²) >= 11 is 1.06. The number of imide groups is 1. The summed E-state index contributed by atoms with van der Waals surface area (Å²) in [7, 11) is 0. The van der Waals surface area contributed by atoms with E-state index in [0.717, 1.165) is 28.5 Å². The predicted octanol–water partition coefficient (Wildman–Crippen LogP) is 2.03. The van der Waals surface area contributed by atoms with Gasteiger partial charge in [0.25, 0.3) is 5.22 Å². The van der Waals surface area contributed by atoms with Crippen LogP contribution in [0.1, 0.15) is 18.1 Å². The Hall–Kier alpha value is -2.35. The lowest BCUT2D eigenvalue weighted by Crippen LogP contribution is -2.39. The fourth-order valence-corrected chi connectivity index (χ4v) is 2.58. The first kappa shape index (κ1) is 16.0. The van der Waals surface area contributed by atoms with Crippen LogP contribution in [0, 0.1) is 13.8 Å². The topological polar surface area (TPSA) is 111 Å². The number of rotatable bonds is 4. The minimum Gasteiger partial charge on any atom is -0.411 e. The quantitative estimate of drug-likeness (QED) is 0.834. The van der Waals surface area contributed by atoms with Crippen LogP contribution in [0.15, 0.2) is 27.8 Å². The summed E-state index contributed by atoms with van der Waals surface area (Å²) in [6, 6.07) is 5.04. The number of carbonyl (C=O) groups excluding carboxylic acids is 2. The van der Waals surface area contributed by atoms with Crippen molar-refractivity contribution in [2.75, 3.05) is 0 Å². The van der Waals surface area contributed by atoms with E-state index in [9.17, 15) is 9.59 Å². The van der Waals surface area contributed by atoms with Gasteiger partial charge in [-0.25, -0.2) is 4.79 Å². The molecule has 0 bridgehead atoms. The van der Waals surface area contributed by atoms with Gasteiger partial charge in [-0.2, -0.15) is 0 Å². The van der Waals surface area contributed by atoms with Gasteiger partial charge < -0.3 is 10.2 Å². The summed E-state index contributed by atoms with van der Waals surface area (Å²) in [6.45, 7) is 5.58. The predicted molar refractivity (Wildman–Crippen MR) is 82.3 cm³/mol. The lowest BCUT2D eigenvalue weighted by Gasteiger charge is -2.06. The maximum atomic E-state index is 11.6. The molecule has 2 rings (SSSR count). The van der Waals surface area contributed by atoms with E-state index in [2.05, 4.69) is 10.2 Å². The first-order valence-corrected chi connectivity index (χ1v) is 7.42. The number of nitrogens with zero attached hydrogens (tertiary/aromatic N) is 2. The second-order valence-corrected chi connectivity index (χ2v) is 6.16. The van der Waals surface area contributed by atoms with E-state index in [4.69, 9.17) is 10.2 Å². The third kappa shape index (κ3) is 4.08. The number of nitrogens with one attached hydrogen (secondary N) is 1. The Morgan fingerprint density at radius 3 is 2.45 bits per heavy atom. The lowest BCUT2D eigenvalue weighted by molar-refractivity contribution is -0.119. The average Bonchev–Trinajstić information content (AvgIpc) is 2.85. The fourth-order valence-electron chi connectivity index (χ4n) is 1.90. The third-order valence-corrected chi connectivity index (χ3v) is 3.70. The monoisotopic (exact) mass is 320 g/mol. The molecule has 7 nitrogen and oxygen atoms in total. The molecule has 0 aliphatic heterocycles. The Kier molecular flexibility index (Phi) is 4.81. The molecule has 0 saturated carbocycles. The molecule has 116 valence electrons. The van der Waals surface area contributed by atoms with E-state index in [1.54, 1.807) is 6.92 Å². The van der Waals surface area contributed by atoms with Gasteiger partial charge in [-0.1, -0.05) is 29.0 Å². The Balaban J connectivity index is 2.11. The van der Waals surface area contributed by atoms with Crippen LogP contribution in [0.3, 0.4) is 0 Å². The molecule has 1 heterocycles. The number of aromatic nitrogens is 2. The standard InChI is InChI=1S/C14H16N4O3S/c1-7-4-8(2)6-10(5-7)12-17-18-14(21-12)22-9(3)11(19)16-13(15)20/h4-6,9H,1-3H3,(H3,15,16,19,20). The van der Waals surface area contributed by atoms with Crippen molar-refractivity contribution in [3.05, 3.63) is 29.3 Å². The third-order valence-electron chi connectivity index (χ3n) is 2.77. The highest BCUT2D eigenvalue weighted by Crippen LogP contribution is 2.27. The number of urea groups is 1. The molecule has 8 heteroatoms. The molecule has 0 spiro atoms. The maximum Gasteiger partial charge on any atom is 0.318 e. The van der Waals surface area contributed by atoms with Gasteiger partial charge in [0, 0.05) is 5.56 Å². The number of benzene rings is 1. The molecule has 3 N–H and O–H groups in total. The molecule has 1 aromatic heterocycles. The van der Waals surface area contributed by atoms with Gasteiger partial charge in [-0.3, -0.25) is 10.1 Å². The zero-order valence-electron chi connectivity index (χ0n) is 12.4. The summed E-state index contributed by atoms with van der Waals surface area (Å²) in [5.41, 5.74) is 7.91. The molecular formula is C14H16N4O3S. The Morgan fingerprint density at radius 1 is 1.23 bits per heavy atom. The van der Waals surface area contributed by atoms with Crippen molar-refractivity contribution in [3.8, 4) is 11.5 Å².